The van der Waals surface area contributed by atoms with E-state index in [0.29, 0.717) is 17.9 Å². The number of piperidine rings is 2. The molecule has 3 aliphatic rings. The molecule has 3 rings (SSSR count). The van der Waals surface area contributed by atoms with Gasteiger partial charge in [0.1, 0.15) is 5.83 Å². The smallest absolute Gasteiger partial charge is 0.343 e. The van der Waals surface area contributed by atoms with Crippen molar-refractivity contribution in [2.45, 2.75) is 65.1 Å². The van der Waals surface area contributed by atoms with E-state index in [1.807, 2.05) is 29.8 Å². The average molecular weight is 614 g/mol. The van der Waals surface area contributed by atoms with Crippen molar-refractivity contribution in [3.63, 3.8) is 0 Å². The number of hydrogen-bond acceptors (Lipinski definition) is 3. The van der Waals surface area contributed by atoms with Gasteiger partial charge in [-0.05, 0) is 81.2 Å². The van der Waals surface area contributed by atoms with E-state index in [4.69, 9.17) is 0 Å². The number of likely N-dealkylation sites (tertiary alicyclic amines) is 2. The molecule has 2 fully saturated rings. The highest BCUT2D eigenvalue weighted by Gasteiger charge is 2.42. The lowest BCUT2D eigenvalue weighted by molar-refractivity contribution is -0.160. The van der Waals surface area contributed by atoms with Gasteiger partial charge in [0.25, 0.3) is 6.43 Å². The molecule has 2 aliphatic heterocycles. The van der Waals surface area contributed by atoms with Gasteiger partial charge in [-0.15, -0.1) is 6.58 Å². The predicted molar refractivity (Wildman–Crippen MR) is 152 cm³/mol. The maximum absolute atomic E-state index is 13.4. The molecule has 2 amide bonds. The number of nitrogens with zero attached hydrogens (tertiary/aromatic N) is 2. The Balaban J connectivity index is 0.000000794. The maximum Gasteiger partial charge on any atom is 0.395 e. The third-order valence-electron chi connectivity index (χ3n) is 7.86. The van der Waals surface area contributed by atoms with Crippen LogP contribution in [-0.4, -0.2) is 74.0 Å². The number of rotatable bonds is 8. The number of fused-ring (bicyclic) bond motifs is 1. The van der Waals surface area contributed by atoms with Crippen LogP contribution in [0.15, 0.2) is 48.9 Å². The summed E-state index contributed by atoms with van der Waals surface area (Å²) in [4.78, 5) is 27.2. The number of nitrogens with one attached hydrogen (secondary N) is 1. The van der Waals surface area contributed by atoms with Gasteiger partial charge in [0, 0.05) is 32.6 Å². The van der Waals surface area contributed by atoms with Crippen molar-refractivity contribution < 1.29 is 40.6 Å². The van der Waals surface area contributed by atoms with Crippen LogP contribution in [-0.2, 0) is 9.59 Å². The fraction of sp³-hybridized carbons (Fsp3) is 0.667. The molecule has 12 heteroatoms. The first kappa shape index (κ1) is 39.4. The van der Waals surface area contributed by atoms with Crippen LogP contribution in [0.25, 0.3) is 0 Å². The first-order valence-electron chi connectivity index (χ1n) is 14.1. The minimum atomic E-state index is -4.49. The monoisotopic (exact) mass is 613 g/mol. The molecule has 0 radical (unpaired) electrons. The van der Waals surface area contributed by atoms with Gasteiger partial charge in [-0.3, -0.25) is 14.3 Å². The van der Waals surface area contributed by atoms with Crippen molar-refractivity contribution in [1.29, 1.82) is 0 Å². The van der Waals surface area contributed by atoms with Crippen molar-refractivity contribution in [3.8, 4) is 0 Å². The van der Waals surface area contributed by atoms with Crippen LogP contribution < -0.4 is 5.32 Å². The quantitative estimate of drug-likeness (QED) is 0.188. The maximum atomic E-state index is 13.4. The van der Waals surface area contributed by atoms with Crippen molar-refractivity contribution in [2.75, 3.05) is 33.2 Å². The summed E-state index contributed by atoms with van der Waals surface area (Å²) in [6.45, 7) is 12.3. The van der Waals surface area contributed by atoms with Crippen LogP contribution in [0.4, 0.5) is 31.0 Å². The summed E-state index contributed by atoms with van der Waals surface area (Å²) in [6.07, 6.45) is 3.03. The van der Waals surface area contributed by atoms with E-state index >= 15 is 0 Å². The number of carbonyl (C=O) groups excluding carboxylic acids is 2. The Morgan fingerprint density at radius 1 is 1.21 bits per heavy atom. The van der Waals surface area contributed by atoms with E-state index in [1.54, 1.807) is 19.1 Å². The largest absolute Gasteiger partial charge is 0.395 e. The van der Waals surface area contributed by atoms with Gasteiger partial charge in [-0.2, -0.15) is 13.2 Å². The Kier molecular flexibility index (Phi) is 18.3. The first-order chi connectivity index (χ1) is 19.3. The van der Waals surface area contributed by atoms with Crippen molar-refractivity contribution in [2.24, 2.45) is 29.6 Å². The normalized spacial score (nSPS) is 26.1. The molecule has 1 aliphatic carbocycles. The third kappa shape index (κ3) is 13.1. The van der Waals surface area contributed by atoms with Crippen LogP contribution in [0.5, 0.6) is 0 Å². The molecule has 0 aromatic heterocycles. The van der Waals surface area contributed by atoms with Gasteiger partial charge in [0.05, 0.1) is 5.92 Å². The standard InChI is InChI=1S/C19H27FN2O2.C8H9F5.C3H9N.FH/c1-13-9-17(20)4-3-16(13)10-19-18-11-21(14(2)24)7-5-15(18)6-8-22(19)12-23;1-2-3-6(8(11,12)13)4-5-7(9)10;1-3-4-2;/h3-4,9,12-13,15-16,18-19H,5-8,10-11H2,1-2H3;2,4-7H,1,3H2;4H,3H2,1-2H3;1H/b;5-4+;;/t13?,15?,16?,18-,19+;;;/m1.../s1. The van der Waals surface area contributed by atoms with Crippen LogP contribution in [0.3, 0.4) is 0 Å². The minimum absolute atomic E-state index is 0. The zero-order valence-corrected chi connectivity index (χ0v) is 24.8. The topological polar surface area (TPSA) is 52.7 Å². The second-order valence-electron chi connectivity index (χ2n) is 10.6. The highest BCUT2D eigenvalue weighted by Crippen LogP contribution is 2.39. The number of alkyl halides is 5. The summed E-state index contributed by atoms with van der Waals surface area (Å²) in [7, 11) is 1.93. The van der Waals surface area contributed by atoms with E-state index in [0.717, 1.165) is 57.9 Å². The number of halogens is 7. The summed E-state index contributed by atoms with van der Waals surface area (Å²) >= 11 is 0. The highest BCUT2D eigenvalue weighted by molar-refractivity contribution is 5.73. The molecule has 42 heavy (non-hydrogen) atoms. The number of amides is 2. The summed E-state index contributed by atoms with van der Waals surface area (Å²) in [5.41, 5.74) is 0. The second kappa shape index (κ2) is 19.5. The molecule has 2 saturated heterocycles. The van der Waals surface area contributed by atoms with E-state index in [9.17, 15) is 35.9 Å². The van der Waals surface area contributed by atoms with Gasteiger partial charge in [0.15, 0.2) is 0 Å². The summed E-state index contributed by atoms with van der Waals surface area (Å²) < 4.78 is 72.5. The van der Waals surface area contributed by atoms with Gasteiger partial charge >= 0.3 is 6.18 Å². The molecule has 0 bridgehead atoms. The highest BCUT2D eigenvalue weighted by atomic mass is 19.4. The van der Waals surface area contributed by atoms with E-state index < -0.39 is 18.5 Å². The van der Waals surface area contributed by atoms with Gasteiger partial charge in [0.2, 0.25) is 12.3 Å². The Bertz CT molecular complexity index is 906. The molecule has 4 unspecified atom stereocenters. The molecular formula is C30H46F7N3O2. The lowest BCUT2D eigenvalue weighted by Gasteiger charge is -2.50. The Morgan fingerprint density at radius 2 is 1.83 bits per heavy atom. The van der Waals surface area contributed by atoms with Crippen molar-refractivity contribution >= 4 is 12.3 Å². The average Bonchev–Trinajstić information content (AvgIpc) is 2.92. The summed E-state index contributed by atoms with van der Waals surface area (Å²) in [6, 6.07) is 0.134. The molecule has 0 saturated carbocycles. The number of allylic oxidation sites excluding steroid dienone is 7. The van der Waals surface area contributed by atoms with Crippen LogP contribution in [0.2, 0.25) is 0 Å². The molecule has 242 valence electrons. The molecule has 5 nitrogen and oxygen atoms in total. The van der Waals surface area contributed by atoms with Crippen LogP contribution in [0, 0.1) is 29.6 Å². The fourth-order valence-corrected chi connectivity index (χ4v) is 5.39. The predicted octanol–water partition coefficient (Wildman–Crippen LogP) is 6.71. The second-order valence-corrected chi connectivity index (χ2v) is 10.6. The third-order valence-corrected chi connectivity index (χ3v) is 7.86. The zero-order valence-electron chi connectivity index (χ0n) is 24.8. The van der Waals surface area contributed by atoms with Gasteiger partial charge < -0.3 is 15.1 Å². The summed E-state index contributed by atoms with van der Waals surface area (Å²) in [5.74, 6) is -0.631. The lowest BCUT2D eigenvalue weighted by atomic mass is 9.71. The summed E-state index contributed by atoms with van der Waals surface area (Å²) in [5, 5.41) is 2.93. The van der Waals surface area contributed by atoms with Crippen LogP contribution >= 0.6 is 0 Å². The Labute approximate surface area is 245 Å². The molecule has 0 aromatic carbocycles. The lowest BCUT2D eigenvalue weighted by Crippen LogP contribution is -2.56. The Hall–Kier alpha value is -2.63. The van der Waals surface area contributed by atoms with E-state index in [1.165, 1.54) is 0 Å². The zero-order chi connectivity index (χ0) is 31.2. The molecule has 2 heterocycles. The molecule has 0 aromatic rings. The molecule has 1 N–H and O–H groups in total. The minimum Gasteiger partial charge on any atom is -0.343 e. The van der Waals surface area contributed by atoms with Gasteiger partial charge in [-0.1, -0.05) is 32.1 Å². The van der Waals surface area contributed by atoms with E-state index in [2.05, 4.69) is 18.8 Å². The SMILES string of the molecule is C=CCC(/C=C/C(F)F)C(F)(F)F.CC(=O)N1CCC2CCN(C=O)[C@@H](CC3C=CC(F)=CC3C)[C@@H]2C1.CCNC.F. The molecular weight excluding hydrogens is 567 g/mol. The van der Waals surface area contributed by atoms with Crippen molar-refractivity contribution in [3.05, 3.63) is 48.9 Å². The number of hydrogen-bond donors (Lipinski definition) is 1. The van der Waals surface area contributed by atoms with Gasteiger partial charge in [-0.25, -0.2) is 13.2 Å². The number of carbonyl (C=O) groups is 2. The molecule has 6 atom stereocenters. The van der Waals surface area contributed by atoms with Crippen molar-refractivity contribution in [1.82, 2.24) is 15.1 Å². The van der Waals surface area contributed by atoms with E-state index in [-0.39, 0.29) is 46.8 Å². The first-order valence-corrected chi connectivity index (χ1v) is 14.1. The Morgan fingerprint density at radius 3 is 2.31 bits per heavy atom. The fourth-order valence-electron chi connectivity index (χ4n) is 5.39. The van der Waals surface area contributed by atoms with Crippen LogP contribution in [0.1, 0.15) is 46.5 Å². The molecule has 0 spiro atoms.